The van der Waals surface area contributed by atoms with Gasteiger partial charge in [0.1, 0.15) is 0 Å². The first-order valence-electron chi connectivity index (χ1n) is 5.83. The minimum Gasteiger partial charge on any atom is -0.481 e. The van der Waals surface area contributed by atoms with Gasteiger partial charge in [0, 0.05) is 32.6 Å². The van der Waals surface area contributed by atoms with Crippen molar-refractivity contribution in [2.75, 3.05) is 19.0 Å². The molecule has 0 aliphatic heterocycles. The van der Waals surface area contributed by atoms with Crippen LogP contribution in [0.25, 0.3) is 0 Å². The van der Waals surface area contributed by atoms with Crippen LogP contribution < -0.4 is 4.90 Å². The van der Waals surface area contributed by atoms with Crippen LogP contribution in [-0.2, 0) is 11.2 Å². The Bertz CT molecular complexity index is 428. The van der Waals surface area contributed by atoms with E-state index in [2.05, 4.69) is 9.97 Å². The summed E-state index contributed by atoms with van der Waals surface area (Å²) >= 11 is 0. The van der Waals surface area contributed by atoms with Gasteiger partial charge in [0.15, 0.2) is 0 Å². The maximum atomic E-state index is 10.6. The minimum absolute atomic E-state index is 0.143. The van der Waals surface area contributed by atoms with Gasteiger partial charge >= 0.3 is 5.97 Å². The van der Waals surface area contributed by atoms with Crippen LogP contribution in [0.5, 0.6) is 0 Å². The van der Waals surface area contributed by atoms with Crippen LogP contribution in [-0.4, -0.2) is 35.1 Å². The van der Waals surface area contributed by atoms with Gasteiger partial charge in [-0.15, -0.1) is 0 Å². The van der Waals surface area contributed by atoms with Crippen molar-refractivity contribution >= 4 is 11.9 Å². The third-order valence-electron chi connectivity index (χ3n) is 2.86. The summed E-state index contributed by atoms with van der Waals surface area (Å²) in [5.74, 6) is 0.440. The highest BCUT2D eigenvalue weighted by molar-refractivity contribution is 5.67. The number of hydrogen-bond donors (Lipinski definition) is 1. The fraction of sp³-hybridized carbons (Fsp3) is 0.583. The molecule has 1 saturated carbocycles. The Balaban J connectivity index is 2.22. The quantitative estimate of drug-likeness (QED) is 0.836. The summed E-state index contributed by atoms with van der Waals surface area (Å²) in [5, 5.41) is 8.71. The van der Waals surface area contributed by atoms with E-state index in [1.165, 1.54) is 0 Å². The average Bonchev–Trinajstić information content (AvgIpc) is 3.09. The maximum Gasteiger partial charge on any atom is 0.303 e. The molecule has 0 aromatic carbocycles. The van der Waals surface area contributed by atoms with Crippen LogP contribution in [0.4, 0.5) is 5.95 Å². The largest absolute Gasteiger partial charge is 0.481 e. The monoisotopic (exact) mass is 235 g/mol. The molecule has 1 N–H and O–H groups in total. The molecular formula is C12H17N3O2. The molecule has 0 amide bonds. The van der Waals surface area contributed by atoms with Gasteiger partial charge in [-0.3, -0.25) is 4.79 Å². The molecule has 2 rings (SSSR count). The molecule has 5 nitrogen and oxygen atoms in total. The first-order chi connectivity index (χ1) is 8.08. The lowest BCUT2D eigenvalue weighted by molar-refractivity contribution is -0.136. The number of aromatic nitrogens is 2. The predicted molar refractivity (Wildman–Crippen MR) is 64.3 cm³/mol. The van der Waals surface area contributed by atoms with E-state index in [-0.39, 0.29) is 6.42 Å². The van der Waals surface area contributed by atoms with Crippen molar-refractivity contribution in [2.24, 2.45) is 0 Å². The number of hydrogen-bond acceptors (Lipinski definition) is 4. The van der Waals surface area contributed by atoms with E-state index in [0.717, 1.165) is 24.1 Å². The molecule has 1 aromatic rings. The Morgan fingerprint density at radius 2 is 2.24 bits per heavy atom. The topological polar surface area (TPSA) is 66.3 Å². The van der Waals surface area contributed by atoms with Gasteiger partial charge in [-0.2, -0.15) is 0 Å². The smallest absolute Gasteiger partial charge is 0.303 e. The minimum atomic E-state index is -0.775. The molecule has 0 unspecified atom stereocenters. The number of rotatable bonds is 5. The molecule has 17 heavy (non-hydrogen) atoms. The van der Waals surface area contributed by atoms with Crippen molar-refractivity contribution in [1.82, 2.24) is 9.97 Å². The molecule has 1 aliphatic rings. The van der Waals surface area contributed by atoms with E-state index >= 15 is 0 Å². The SMILES string of the molecule is CN(C)c1ncc(CCC(=O)O)c(C2CC2)n1. The molecule has 0 spiro atoms. The van der Waals surface area contributed by atoms with E-state index in [0.29, 0.717) is 18.3 Å². The molecular weight excluding hydrogens is 218 g/mol. The van der Waals surface area contributed by atoms with Gasteiger partial charge in [0.25, 0.3) is 0 Å². The van der Waals surface area contributed by atoms with Crippen LogP contribution in [0.2, 0.25) is 0 Å². The molecule has 0 radical (unpaired) electrons. The zero-order valence-electron chi connectivity index (χ0n) is 10.2. The average molecular weight is 235 g/mol. The number of anilines is 1. The second-order valence-electron chi connectivity index (χ2n) is 4.64. The van der Waals surface area contributed by atoms with Crippen LogP contribution in [0.15, 0.2) is 6.20 Å². The molecule has 1 aromatic heterocycles. The van der Waals surface area contributed by atoms with Gasteiger partial charge < -0.3 is 10.0 Å². The standard InChI is InChI=1S/C12H17N3O2/c1-15(2)12-13-7-9(5-6-10(16)17)11(14-12)8-3-4-8/h7-8H,3-6H2,1-2H3,(H,16,17). The van der Waals surface area contributed by atoms with E-state index < -0.39 is 5.97 Å². The highest BCUT2D eigenvalue weighted by Gasteiger charge is 2.28. The summed E-state index contributed by atoms with van der Waals surface area (Å²) in [6.07, 6.45) is 4.76. The fourth-order valence-corrected chi connectivity index (χ4v) is 1.77. The van der Waals surface area contributed by atoms with Gasteiger partial charge in [-0.1, -0.05) is 0 Å². The number of carboxylic acid groups (broad SMARTS) is 1. The third-order valence-corrected chi connectivity index (χ3v) is 2.86. The number of aliphatic carboxylic acids is 1. The number of carboxylic acids is 1. The van der Waals surface area contributed by atoms with E-state index in [1.807, 2.05) is 19.0 Å². The van der Waals surface area contributed by atoms with Crippen molar-refractivity contribution in [2.45, 2.75) is 31.6 Å². The summed E-state index contributed by atoms with van der Waals surface area (Å²) in [6, 6.07) is 0. The molecule has 0 atom stereocenters. The number of nitrogens with zero attached hydrogens (tertiary/aromatic N) is 3. The van der Waals surface area contributed by atoms with Gasteiger partial charge in [-0.25, -0.2) is 9.97 Å². The molecule has 1 fully saturated rings. The summed E-state index contributed by atoms with van der Waals surface area (Å²) in [5.41, 5.74) is 2.03. The Morgan fingerprint density at radius 3 is 2.76 bits per heavy atom. The zero-order valence-corrected chi connectivity index (χ0v) is 10.2. The van der Waals surface area contributed by atoms with Crippen molar-refractivity contribution in [1.29, 1.82) is 0 Å². The molecule has 1 heterocycles. The molecule has 0 bridgehead atoms. The van der Waals surface area contributed by atoms with Gasteiger partial charge in [0.05, 0.1) is 5.69 Å². The van der Waals surface area contributed by atoms with E-state index in [1.54, 1.807) is 6.20 Å². The second kappa shape index (κ2) is 4.69. The zero-order chi connectivity index (χ0) is 12.4. The Kier molecular flexibility index (Phi) is 3.26. The highest BCUT2D eigenvalue weighted by atomic mass is 16.4. The first kappa shape index (κ1) is 11.8. The van der Waals surface area contributed by atoms with Crippen molar-refractivity contribution in [3.05, 3.63) is 17.5 Å². The van der Waals surface area contributed by atoms with E-state index in [4.69, 9.17) is 5.11 Å². The molecule has 5 heteroatoms. The Hall–Kier alpha value is -1.65. The van der Waals surface area contributed by atoms with Gasteiger partial charge in [-0.05, 0) is 24.8 Å². The van der Waals surface area contributed by atoms with Crippen molar-refractivity contribution in [3.63, 3.8) is 0 Å². The lowest BCUT2D eigenvalue weighted by atomic mass is 10.1. The second-order valence-corrected chi connectivity index (χ2v) is 4.64. The van der Waals surface area contributed by atoms with Crippen LogP contribution in [0.3, 0.4) is 0 Å². The lowest BCUT2D eigenvalue weighted by Gasteiger charge is -2.13. The summed E-state index contributed by atoms with van der Waals surface area (Å²) in [7, 11) is 3.81. The van der Waals surface area contributed by atoms with Crippen LogP contribution in [0, 0.1) is 0 Å². The summed E-state index contributed by atoms with van der Waals surface area (Å²) < 4.78 is 0. The third kappa shape index (κ3) is 2.93. The maximum absolute atomic E-state index is 10.6. The summed E-state index contributed by atoms with van der Waals surface area (Å²) in [6.45, 7) is 0. The molecule has 1 aliphatic carbocycles. The molecule has 0 saturated heterocycles. The Morgan fingerprint density at radius 1 is 1.53 bits per heavy atom. The summed E-state index contributed by atoms with van der Waals surface area (Å²) in [4.78, 5) is 21.2. The number of aryl methyl sites for hydroxylation is 1. The van der Waals surface area contributed by atoms with Gasteiger partial charge in [0.2, 0.25) is 5.95 Å². The number of carbonyl (C=O) groups is 1. The van der Waals surface area contributed by atoms with E-state index in [9.17, 15) is 4.79 Å². The van der Waals surface area contributed by atoms with Crippen LogP contribution >= 0.6 is 0 Å². The first-order valence-corrected chi connectivity index (χ1v) is 5.83. The van der Waals surface area contributed by atoms with Crippen molar-refractivity contribution < 1.29 is 9.90 Å². The lowest BCUT2D eigenvalue weighted by Crippen LogP contribution is -2.14. The van der Waals surface area contributed by atoms with Crippen LogP contribution in [0.1, 0.15) is 36.4 Å². The normalized spacial score (nSPS) is 14.7. The van der Waals surface area contributed by atoms with Crippen molar-refractivity contribution in [3.8, 4) is 0 Å². The molecule has 92 valence electrons. The predicted octanol–water partition coefficient (Wildman–Crippen LogP) is 1.44. The highest BCUT2D eigenvalue weighted by Crippen LogP contribution is 2.41. The fourth-order valence-electron chi connectivity index (χ4n) is 1.77. The Labute approximate surface area is 100 Å².